The normalized spacial score (nSPS) is 22.7. The first-order valence-electron chi connectivity index (χ1n) is 11.5. The summed E-state index contributed by atoms with van der Waals surface area (Å²) >= 11 is 0. The summed E-state index contributed by atoms with van der Waals surface area (Å²) < 4.78 is 11.6. The van der Waals surface area contributed by atoms with Crippen LogP contribution in [0.25, 0.3) is 0 Å². The van der Waals surface area contributed by atoms with Crippen LogP contribution >= 0.6 is 0 Å². The monoisotopic (exact) mass is 469 g/mol. The summed E-state index contributed by atoms with van der Waals surface area (Å²) in [5.41, 5.74) is 0.894. The number of imide groups is 1. The number of hydrogen-bond donors (Lipinski definition) is 1. The Morgan fingerprint density at radius 1 is 0.914 bits per heavy atom. The molecule has 1 spiro atoms. The zero-order valence-electron chi connectivity index (χ0n) is 18.8. The Balaban J connectivity index is 1.33. The molecule has 0 radical (unpaired) electrons. The molecule has 0 aromatic heterocycles. The number of urea groups is 1. The Bertz CT molecular complexity index is 1330. The van der Waals surface area contributed by atoms with Crippen molar-refractivity contribution in [3.05, 3.63) is 90.0 Å². The van der Waals surface area contributed by atoms with Crippen LogP contribution in [0.5, 0.6) is 11.5 Å². The van der Waals surface area contributed by atoms with Gasteiger partial charge in [-0.2, -0.15) is 0 Å². The molecular weight excluding hydrogens is 446 g/mol. The molecule has 3 heterocycles. The quantitative estimate of drug-likeness (QED) is 0.594. The van der Waals surface area contributed by atoms with Gasteiger partial charge in [0.25, 0.3) is 5.91 Å². The van der Waals surface area contributed by atoms with E-state index in [0.717, 1.165) is 10.5 Å². The van der Waals surface area contributed by atoms with Gasteiger partial charge < -0.3 is 14.8 Å². The minimum atomic E-state index is -1.23. The van der Waals surface area contributed by atoms with Crippen molar-refractivity contribution in [2.75, 3.05) is 24.7 Å². The number of nitrogens with zero attached hydrogens (tertiary/aromatic N) is 2. The number of para-hydroxylation sites is 3. The zero-order chi connectivity index (χ0) is 24.0. The first-order valence-corrected chi connectivity index (χ1v) is 11.5. The van der Waals surface area contributed by atoms with Crippen LogP contribution in [0.15, 0.2) is 78.9 Å². The largest absolute Gasteiger partial charge is 0.493 e. The number of hydrogen-bond acceptors (Lipinski definition) is 5. The van der Waals surface area contributed by atoms with Gasteiger partial charge in [0.15, 0.2) is 5.54 Å². The summed E-state index contributed by atoms with van der Waals surface area (Å²) in [4.78, 5) is 43.1. The van der Waals surface area contributed by atoms with Gasteiger partial charge in [0.1, 0.15) is 24.7 Å². The van der Waals surface area contributed by atoms with E-state index in [2.05, 4.69) is 5.32 Å². The lowest BCUT2D eigenvalue weighted by atomic mass is 9.84. The fourth-order valence-corrected chi connectivity index (χ4v) is 5.14. The molecule has 1 N–H and O–H groups in total. The molecule has 3 aliphatic heterocycles. The van der Waals surface area contributed by atoms with E-state index in [9.17, 15) is 14.4 Å². The van der Waals surface area contributed by atoms with E-state index in [1.807, 2.05) is 54.6 Å². The van der Waals surface area contributed by atoms with Crippen molar-refractivity contribution in [2.45, 2.75) is 18.0 Å². The molecule has 0 bridgehead atoms. The van der Waals surface area contributed by atoms with Crippen molar-refractivity contribution < 1.29 is 23.9 Å². The second-order valence-corrected chi connectivity index (χ2v) is 8.79. The van der Waals surface area contributed by atoms with Crippen LogP contribution in [0.2, 0.25) is 0 Å². The fourth-order valence-electron chi connectivity index (χ4n) is 5.14. The van der Waals surface area contributed by atoms with Gasteiger partial charge in [0.2, 0.25) is 5.91 Å². The van der Waals surface area contributed by atoms with Crippen LogP contribution in [-0.4, -0.2) is 42.5 Å². The molecule has 3 aromatic carbocycles. The maximum Gasteiger partial charge on any atom is 0.325 e. The zero-order valence-corrected chi connectivity index (χ0v) is 18.8. The lowest BCUT2D eigenvalue weighted by Gasteiger charge is -2.38. The van der Waals surface area contributed by atoms with Gasteiger partial charge in [0.05, 0.1) is 18.3 Å². The standard InChI is InChI=1S/C27H23N3O5/c31-24(30-20-11-5-7-13-23(20)35-17-21(30)18-8-2-1-3-9-18)16-29-25(32)27(28-26(29)33)14-15-34-22-12-6-4-10-19(22)27/h1-13,21H,14-17H2,(H,28,33)/t21-,27+/m1/s1. The topological polar surface area (TPSA) is 88.2 Å². The number of benzene rings is 3. The molecule has 0 unspecified atom stereocenters. The molecular formula is C27H23N3O5. The minimum Gasteiger partial charge on any atom is -0.493 e. The van der Waals surface area contributed by atoms with Gasteiger partial charge in [-0.25, -0.2) is 4.79 Å². The summed E-state index contributed by atoms with van der Waals surface area (Å²) in [5, 5.41) is 2.86. The van der Waals surface area contributed by atoms with Crippen molar-refractivity contribution in [3.63, 3.8) is 0 Å². The van der Waals surface area contributed by atoms with Crippen molar-refractivity contribution in [1.82, 2.24) is 10.2 Å². The van der Waals surface area contributed by atoms with Crippen molar-refractivity contribution in [2.24, 2.45) is 0 Å². The number of carbonyl (C=O) groups excluding carboxylic acids is 3. The van der Waals surface area contributed by atoms with E-state index < -0.39 is 23.5 Å². The molecule has 2 atom stereocenters. The number of carbonyl (C=O) groups is 3. The smallest absolute Gasteiger partial charge is 0.325 e. The highest BCUT2D eigenvalue weighted by Crippen LogP contribution is 2.42. The number of nitrogens with one attached hydrogen (secondary N) is 1. The number of anilines is 1. The van der Waals surface area contributed by atoms with Gasteiger partial charge in [-0.1, -0.05) is 60.7 Å². The summed E-state index contributed by atoms with van der Waals surface area (Å²) in [6.45, 7) is 0.173. The molecule has 1 fully saturated rings. The number of fused-ring (bicyclic) bond motifs is 3. The van der Waals surface area contributed by atoms with Crippen LogP contribution < -0.4 is 19.7 Å². The molecule has 0 aliphatic carbocycles. The highest BCUT2D eigenvalue weighted by Gasteiger charge is 2.55. The Hall–Kier alpha value is -4.33. The van der Waals surface area contributed by atoms with Gasteiger partial charge in [0, 0.05) is 12.0 Å². The van der Waals surface area contributed by atoms with Crippen molar-refractivity contribution in [1.29, 1.82) is 0 Å². The molecule has 35 heavy (non-hydrogen) atoms. The summed E-state index contributed by atoms with van der Waals surface area (Å²) in [7, 11) is 0. The maximum absolute atomic E-state index is 13.8. The van der Waals surface area contributed by atoms with Crippen LogP contribution in [0, 0.1) is 0 Å². The van der Waals surface area contributed by atoms with Crippen LogP contribution in [-0.2, 0) is 15.1 Å². The van der Waals surface area contributed by atoms with Gasteiger partial charge >= 0.3 is 6.03 Å². The Kier molecular flexibility index (Phi) is 4.95. The van der Waals surface area contributed by atoms with Crippen LogP contribution in [0.3, 0.4) is 0 Å². The molecule has 0 saturated carbocycles. The lowest BCUT2D eigenvalue weighted by molar-refractivity contribution is -0.135. The summed E-state index contributed by atoms with van der Waals surface area (Å²) in [6.07, 6.45) is 0.298. The molecule has 176 valence electrons. The van der Waals surface area contributed by atoms with Crippen LogP contribution in [0.4, 0.5) is 10.5 Å². The molecule has 1 saturated heterocycles. The van der Waals surface area contributed by atoms with Crippen molar-refractivity contribution in [3.8, 4) is 11.5 Å². The highest BCUT2D eigenvalue weighted by molar-refractivity contribution is 6.11. The van der Waals surface area contributed by atoms with E-state index in [4.69, 9.17) is 9.47 Å². The number of ether oxygens (including phenoxy) is 2. The molecule has 8 heteroatoms. The minimum absolute atomic E-state index is 0.265. The molecule has 4 amide bonds. The average molecular weight is 469 g/mol. The average Bonchev–Trinajstić information content (AvgIpc) is 3.13. The first kappa shape index (κ1) is 21.2. The third kappa shape index (κ3) is 3.32. The highest BCUT2D eigenvalue weighted by atomic mass is 16.5. The van der Waals surface area contributed by atoms with Gasteiger partial charge in [-0.3, -0.25) is 19.4 Å². The summed E-state index contributed by atoms with van der Waals surface area (Å²) in [6, 6.07) is 23.1. The predicted molar refractivity (Wildman–Crippen MR) is 127 cm³/mol. The van der Waals surface area contributed by atoms with Crippen molar-refractivity contribution >= 4 is 23.5 Å². The SMILES string of the molecule is O=C1N[C@]2(CCOc3ccccc32)C(=O)N1CC(=O)N1c2ccccc2OC[C@@H]1c1ccccc1. The predicted octanol–water partition coefficient (Wildman–Crippen LogP) is 3.38. The Labute approximate surface area is 202 Å². The van der Waals surface area contributed by atoms with E-state index >= 15 is 0 Å². The van der Waals surface area contributed by atoms with E-state index in [1.54, 1.807) is 29.2 Å². The molecule has 8 nitrogen and oxygen atoms in total. The Morgan fingerprint density at radius 3 is 2.46 bits per heavy atom. The van der Waals surface area contributed by atoms with E-state index in [1.165, 1.54) is 0 Å². The molecule has 6 rings (SSSR count). The molecule has 3 aliphatic rings. The van der Waals surface area contributed by atoms with Gasteiger partial charge in [-0.15, -0.1) is 0 Å². The first-order chi connectivity index (χ1) is 17.1. The second-order valence-electron chi connectivity index (χ2n) is 8.79. The maximum atomic E-state index is 13.8. The van der Waals surface area contributed by atoms with E-state index in [0.29, 0.717) is 29.2 Å². The van der Waals surface area contributed by atoms with E-state index in [-0.39, 0.29) is 25.7 Å². The third-order valence-electron chi connectivity index (χ3n) is 6.84. The fraction of sp³-hybridized carbons (Fsp3) is 0.222. The second kappa shape index (κ2) is 8.16. The number of amides is 4. The number of rotatable bonds is 3. The summed E-state index contributed by atoms with van der Waals surface area (Å²) in [5.74, 6) is 0.340. The van der Waals surface area contributed by atoms with Gasteiger partial charge in [-0.05, 0) is 23.8 Å². The third-order valence-corrected chi connectivity index (χ3v) is 6.84. The Morgan fingerprint density at radius 2 is 1.63 bits per heavy atom. The van der Waals surface area contributed by atoms with Crippen LogP contribution in [0.1, 0.15) is 23.6 Å². The lowest BCUT2D eigenvalue weighted by Crippen LogP contribution is -2.49. The molecule has 3 aromatic rings.